The van der Waals surface area contributed by atoms with E-state index in [2.05, 4.69) is 34.2 Å². The normalized spacial score (nSPS) is 9.07. The lowest BCUT2D eigenvalue weighted by atomic mass is 10.1. The number of hydrogen-bond acceptors (Lipinski definition) is 2. The number of aromatic amines is 1. The highest BCUT2D eigenvalue weighted by Crippen LogP contribution is 2.14. The number of aromatic nitrogens is 3. The van der Waals surface area contributed by atoms with Crippen molar-refractivity contribution in [2.75, 3.05) is 0 Å². The molecule has 0 aliphatic carbocycles. The highest BCUT2D eigenvalue weighted by molar-refractivity contribution is 5.54. The Balaban J connectivity index is 0.000000617. The van der Waals surface area contributed by atoms with Crippen LogP contribution in [0.3, 0.4) is 0 Å². The van der Waals surface area contributed by atoms with E-state index in [4.69, 9.17) is 0 Å². The molecule has 0 amide bonds. The number of nitrogens with one attached hydrogen (secondary N) is 1. The fourth-order valence-electron chi connectivity index (χ4n) is 1.14. The van der Waals surface area contributed by atoms with Crippen molar-refractivity contribution in [3.05, 3.63) is 36.2 Å². The van der Waals surface area contributed by atoms with Gasteiger partial charge in [-0.25, -0.2) is 4.98 Å². The molecule has 0 aliphatic heterocycles. The van der Waals surface area contributed by atoms with Crippen LogP contribution in [0.1, 0.15) is 20.8 Å². The van der Waals surface area contributed by atoms with Crippen molar-refractivity contribution in [2.45, 2.75) is 20.8 Å². The minimum atomic E-state index is 0. The predicted octanol–water partition coefficient (Wildman–Crippen LogP) is 3.05. The van der Waals surface area contributed by atoms with Gasteiger partial charge in [-0.05, 0) is 13.0 Å². The molecule has 1 heterocycles. The second-order valence-electron chi connectivity index (χ2n) is 2.70. The van der Waals surface area contributed by atoms with E-state index in [0.717, 1.165) is 11.4 Å². The van der Waals surface area contributed by atoms with Gasteiger partial charge in [-0.1, -0.05) is 37.6 Å². The summed E-state index contributed by atoms with van der Waals surface area (Å²) in [4.78, 5) is 4.06. The van der Waals surface area contributed by atoms with Crippen molar-refractivity contribution in [1.29, 1.82) is 0 Å². The number of rotatable bonds is 1. The quantitative estimate of drug-likeness (QED) is 0.752. The first-order valence-corrected chi connectivity index (χ1v) is 4.78. The molecule has 0 atom stereocenters. The van der Waals surface area contributed by atoms with Crippen LogP contribution in [-0.4, -0.2) is 15.2 Å². The average molecular weight is 191 g/mol. The molecule has 3 nitrogen and oxygen atoms in total. The maximum Gasteiger partial charge on any atom is 0.155 e. The van der Waals surface area contributed by atoms with Crippen LogP contribution >= 0.6 is 0 Å². The molecule has 2 rings (SSSR count). The van der Waals surface area contributed by atoms with Crippen molar-refractivity contribution in [3.8, 4) is 11.4 Å². The Morgan fingerprint density at radius 3 is 2.64 bits per heavy atom. The van der Waals surface area contributed by atoms with Crippen molar-refractivity contribution < 1.29 is 1.43 Å². The summed E-state index contributed by atoms with van der Waals surface area (Å²) in [7, 11) is 0. The van der Waals surface area contributed by atoms with Crippen LogP contribution in [0.15, 0.2) is 30.6 Å². The maximum atomic E-state index is 4.06. The summed E-state index contributed by atoms with van der Waals surface area (Å²) in [5.41, 5.74) is 2.30. The Morgan fingerprint density at radius 2 is 2.07 bits per heavy atom. The van der Waals surface area contributed by atoms with E-state index < -0.39 is 0 Å². The van der Waals surface area contributed by atoms with Crippen molar-refractivity contribution in [1.82, 2.24) is 15.2 Å². The van der Waals surface area contributed by atoms with Gasteiger partial charge in [0.25, 0.3) is 0 Å². The lowest BCUT2D eigenvalue weighted by Gasteiger charge is -1.96. The van der Waals surface area contributed by atoms with Gasteiger partial charge in [0.2, 0.25) is 0 Å². The van der Waals surface area contributed by atoms with Crippen LogP contribution in [0.25, 0.3) is 11.4 Å². The molecular weight excluding hydrogens is 174 g/mol. The molecule has 14 heavy (non-hydrogen) atoms. The first-order valence-electron chi connectivity index (χ1n) is 4.78. The van der Waals surface area contributed by atoms with E-state index in [1.165, 1.54) is 11.9 Å². The van der Waals surface area contributed by atoms with Gasteiger partial charge in [-0.2, -0.15) is 5.10 Å². The zero-order valence-electron chi connectivity index (χ0n) is 8.78. The van der Waals surface area contributed by atoms with Crippen LogP contribution < -0.4 is 0 Å². The second kappa shape index (κ2) is 5.17. The second-order valence-corrected chi connectivity index (χ2v) is 2.70. The molecule has 1 N–H and O–H groups in total. The molecule has 0 radical (unpaired) electrons. The summed E-state index contributed by atoms with van der Waals surface area (Å²) in [6, 6.07) is 8.14. The van der Waals surface area contributed by atoms with Crippen molar-refractivity contribution in [3.63, 3.8) is 0 Å². The zero-order chi connectivity index (χ0) is 10.4. The topological polar surface area (TPSA) is 41.6 Å². The molecule has 0 saturated carbocycles. The van der Waals surface area contributed by atoms with Crippen molar-refractivity contribution in [2.24, 2.45) is 0 Å². The third-order valence-electron chi connectivity index (χ3n) is 1.71. The summed E-state index contributed by atoms with van der Waals surface area (Å²) < 4.78 is 0. The molecule has 0 fully saturated rings. The standard InChI is InChI=1S/C9H9N3.C2H6.H2/c1-7-3-2-4-8(5-7)9-10-6-11-12-9;1-2;/h2-6H,1H3,(H,10,11,12);1-2H3;1H. The van der Waals surface area contributed by atoms with Crippen molar-refractivity contribution >= 4 is 0 Å². The van der Waals surface area contributed by atoms with Crippen LogP contribution in [0.2, 0.25) is 0 Å². The summed E-state index contributed by atoms with van der Waals surface area (Å²) in [6.07, 6.45) is 1.51. The van der Waals surface area contributed by atoms with Crippen LogP contribution in [0.5, 0.6) is 0 Å². The molecule has 0 spiro atoms. The summed E-state index contributed by atoms with van der Waals surface area (Å²) in [6.45, 7) is 6.06. The van der Waals surface area contributed by atoms with Crippen LogP contribution in [-0.2, 0) is 0 Å². The third-order valence-corrected chi connectivity index (χ3v) is 1.71. The number of H-pyrrole nitrogens is 1. The minimum absolute atomic E-state index is 0. The van der Waals surface area contributed by atoms with E-state index in [-0.39, 0.29) is 1.43 Å². The van der Waals surface area contributed by atoms with Gasteiger partial charge in [-0.15, -0.1) is 0 Å². The average Bonchev–Trinajstić information content (AvgIpc) is 2.74. The van der Waals surface area contributed by atoms with Gasteiger partial charge in [0, 0.05) is 6.99 Å². The summed E-state index contributed by atoms with van der Waals surface area (Å²) in [5, 5.41) is 6.61. The van der Waals surface area contributed by atoms with Gasteiger partial charge in [-0.3, -0.25) is 5.10 Å². The monoisotopic (exact) mass is 191 g/mol. The van der Waals surface area contributed by atoms with E-state index in [1.54, 1.807) is 0 Å². The van der Waals surface area contributed by atoms with Gasteiger partial charge in [0.1, 0.15) is 6.33 Å². The molecule has 0 aliphatic rings. The number of aryl methyl sites for hydroxylation is 1. The molecule has 76 valence electrons. The highest BCUT2D eigenvalue weighted by atomic mass is 15.2. The number of nitrogens with zero attached hydrogens (tertiary/aromatic N) is 2. The first kappa shape index (κ1) is 10.4. The summed E-state index contributed by atoms with van der Waals surface area (Å²) >= 11 is 0. The first-order chi connectivity index (χ1) is 6.86. The lowest BCUT2D eigenvalue weighted by molar-refractivity contribution is 1.09. The molecule has 0 unspecified atom stereocenters. The predicted molar refractivity (Wildman–Crippen MR) is 60.0 cm³/mol. The Labute approximate surface area is 85.7 Å². The lowest BCUT2D eigenvalue weighted by Crippen LogP contribution is -1.81. The third kappa shape index (κ3) is 2.42. The van der Waals surface area contributed by atoms with Gasteiger partial charge in [0.05, 0.1) is 0 Å². The Morgan fingerprint density at radius 1 is 1.29 bits per heavy atom. The molecular formula is C11H17N3. The fraction of sp³-hybridized carbons (Fsp3) is 0.273. The Bertz CT molecular complexity index is 371. The van der Waals surface area contributed by atoms with Gasteiger partial charge in [0.15, 0.2) is 5.82 Å². The van der Waals surface area contributed by atoms with E-state index in [0.29, 0.717) is 0 Å². The van der Waals surface area contributed by atoms with E-state index in [1.807, 2.05) is 26.0 Å². The van der Waals surface area contributed by atoms with Crippen LogP contribution in [0, 0.1) is 6.92 Å². The maximum absolute atomic E-state index is 4.06. The number of benzene rings is 1. The molecule has 3 heteroatoms. The largest absolute Gasteiger partial charge is 0.259 e. The molecule has 1 aromatic heterocycles. The Hall–Kier alpha value is -1.64. The minimum Gasteiger partial charge on any atom is -0.259 e. The van der Waals surface area contributed by atoms with Crippen LogP contribution in [0.4, 0.5) is 0 Å². The highest BCUT2D eigenvalue weighted by Gasteiger charge is 1.98. The summed E-state index contributed by atoms with van der Waals surface area (Å²) in [5.74, 6) is 0.818. The van der Waals surface area contributed by atoms with Gasteiger partial charge >= 0.3 is 0 Å². The SMILES string of the molecule is CC.Cc1cccc(-c2ncn[nH]2)c1.[HH]. The van der Waals surface area contributed by atoms with Gasteiger partial charge < -0.3 is 0 Å². The zero-order valence-corrected chi connectivity index (χ0v) is 8.78. The van der Waals surface area contributed by atoms with E-state index >= 15 is 0 Å². The fourth-order valence-corrected chi connectivity index (χ4v) is 1.14. The molecule has 2 aromatic rings. The Kier molecular flexibility index (Phi) is 3.85. The smallest absolute Gasteiger partial charge is 0.155 e. The number of hydrogen-bond donors (Lipinski definition) is 1. The molecule has 0 bridgehead atoms. The molecule has 1 aromatic carbocycles. The molecule has 0 saturated heterocycles. The van der Waals surface area contributed by atoms with E-state index in [9.17, 15) is 0 Å².